The van der Waals surface area contributed by atoms with E-state index in [1.165, 1.54) is 18.2 Å². The van der Waals surface area contributed by atoms with E-state index in [0.717, 1.165) is 25.7 Å². The summed E-state index contributed by atoms with van der Waals surface area (Å²) < 4.78 is 28.6. The monoisotopic (exact) mass is 338 g/mol. The van der Waals surface area contributed by atoms with Crippen molar-refractivity contribution in [2.24, 2.45) is 5.14 Å². The third kappa shape index (κ3) is 4.56. The van der Waals surface area contributed by atoms with Crippen LogP contribution in [0.2, 0.25) is 0 Å². The zero-order valence-electron chi connectivity index (χ0n) is 13.0. The summed E-state index contributed by atoms with van der Waals surface area (Å²) in [4.78, 5) is 14.5. The Kier molecular flexibility index (Phi) is 5.79. The number of benzene rings is 1. The van der Waals surface area contributed by atoms with Gasteiger partial charge in [0.1, 0.15) is 12.4 Å². The molecule has 2 N–H and O–H groups in total. The van der Waals surface area contributed by atoms with Gasteiger partial charge in [-0.25, -0.2) is 13.6 Å². The van der Waals surface area contributed by atoms with Crippen molar-refractivity contribution in [2.75, 3.05) is 19.7 Å². The minimum Gasteiger partial charge on any atom is -0.489 e. The number of ether oxygens (including phenoxy) is 1. The Hall–Kier alpha value is -1.86. The van der Waals surface area contributed by atoms with E-state index in [2.05, 4.69) is 6.58 Å². The fourth-order valence-electron chi connectivity index (χ4n) is 2.57. The lowest BCUT2D eigenvalue weighted by atomic mass is 10.1. The minimum atomic E-state index is -3.88. The van der Waals surface area contributed by atoms with Crippen molar-refractivity contribution in [1.82, 2.24) is 4.90 Å². The number of amides is 1. The molecule has 1 amide bonds. The molecule has 0 aliphatic carbocycles. The Morgan fingerprint density at radius 2 is 1.91 bits per heavy atom. The van der Waals surface area contributed by atoms with Crippen LogP contribution in [0.5, 0.6) is 5.75 Å². The number of sulfonamides is 1. The highest BCUT2D eigenvalue weighted by atomic mass is 32.2. The van der Waals surface area contributed by atoms with Crippen LogP contribution in [-0.2, 0) is 10.0 Å². The molecule has 1 aromatic carbocycles. The predicted octanol–water partition coefficient (Wildman–Crippen LogP) is 1.91. The largest absolute Gasteiger partial charge is 0.489 e. The average molecular weight is 338 g/mol. The van der Waals surface area contributed by atoms with Crippen molar-refractivity contribution in [2.45, 2.75) is 30.6 Å². The van der Waals surface area contributed by atoms with E-state index in [1.54, 1.807) is 11.0 Å². The van der Waals surface area contributed by atoms with E-state index in [1.807, 2.05) is 0 Å². The third-order valence-corrected chi connectivity index (χ3v) is 4.67. The van der Waals surface area contributed by atoms with Crippen molar-refractivity contribution in [3.05, 3.63) is 36.4 Å². The zero-order valence-corrected chi connectivity index (χ0v) is 13.8. The second-order valence-corrected chi connectivity index (χ2v) is 7.07. The van der Waals surface area contributed by atoms with Crippen LogP contribution in [0.25, 0.3) is 0 Å². The molecule has 6 nitrogen and oxygen atoms in total. The first-order chi connectivity index (χ1) is 10.9. The first-order valence-electron chi connectivity index (χ1n) is 7.63. The number of nitrogens with zero attached hydrogens (tertiary/aromatic N) is 1. The van der Waals surface area contributed by atoms with Gasteiger partial charge >= 0.3 is 0 Å². The average Bonchev–Trinajstić information content (AvgIpc) is 2.80. The number of likely N-dealkylation sites (tertiary alicyclic amines) is 1. The molecule has 1 aliphatic heterocycles. The van der Waals surface area contributed by atoms with Crippen molar-refractivity contribution in [3.8, 4) is 5.75 Å². The number of primary sulfonamides is 1. The number of carbonyl (C=O) groups is 1. The lowest BCUT2D eigenvalue weighted by Gasteiger charge is -2.22. The SMILES string of the molecule is C=CCOc1ccc(S(N)(=O)=O)cc1C(=O)N1CCCCCC1. The molecule has 23 heavy (non-hydrogen) atoms. The molecule has 7 heteroatoms. The van der Waals surface area contributed by atoms with Crippen LogP contribution in [0.4, 0.5) is 0 Å². The van der Waals surface area contributed by atoms with Crippen LogP contribution in [0.15, 0.2) is 35.7 Å². The summed E-state index contributed by atoms with van der Waals surface area (Å²) in [5, 5.41) is 5.17. The Bertz CT molecular complexity index is 677. The van der Waals surface area contributed by atoms with Crippen LogP contribution in [0.1, 0.15) is 36.0 Å². The van der Waals surface area contributed by atoms with Gasteiger partial charge in [-0.05, 0) is 31.0 Å². The highest BCUT2D eigenvalue weighted by Crippen LogP contribution is 2.25. The van der Waals surface area contributed by atoms with Gasteiger partial charge in [0.05, 0.1) is 10.5 Å². The number of carbonyl (C=O) groups excluding carboxylic acids is 1. The Labute approximate surface area is 137 Å². The highest BCUT2D eigenvalue weighted by Gasteiger charge is 2.23. The Balaban J connectivity index is 2.38. The zero-order chi connectivity index (χ0) is 16.9. The van der Waals surface area contributed by atoms with Gasteiger partial charge in [0.25, 0.3) is 5.91 Å². The molecular formula is C16H22N2O4S. The third-order valence-electron chi connectivity index (χ3n) is 3.76. The van der Waals surface area contributed by atoms with Gasteiger partial charge in [-0.3, -0.25) is 4.79 Å². The molecule has 126 valence electrons. The van der Waals surface area contributed by atoms with Crippen LogP contribution in [0, 0.1) is 0 Å². The summed E-state index contributed by atoms with van der Waals surface area (Å²) in [5.74, 6) is 0.114. The fraction of sp³-hybridized carbons (Fsp3) is 0.438. The van der Waals surface area contributed by atoms with Gasteiger partial charge in [-0.1, -0.05) is 25.5 Å². The molecule has 1 aliphatic rings. The summed E-state index contributed by atoms with van der Waals surface area (Å²) in [7, 11) is -3.88. The maximum absolute atomic E-state index is 12.8. The van der Waals surface area contributed by atoms with Gasteiger partial charge in [-0.15, -0.1) is 0 Å². The highest BCUT2D eigenvalue weighted by molar-refractivity contribution is 7.89. The van der Waals surface area contributed by atoms with Crippen molar-refractivity contribution in [3.63, 3.8) is 0 Å². The summed E-state index contributed by atoms with van der Waals surface area (Å²) >= 11 is 0. The number of rotatable bonds is 5. The number of nitrogens with two attached hydrogens (primary N) is 1. The standard InChI is InChI=1S/C16H22N2O4S/c1-2-11-22-15-8-7-13(23(17,20)21)12-14(15)16(19)18-9-5-3-4-6-10-18/h2,7-8,12H,1,3-6,9-11H2,(H2,17,20,21). The molecule has 0 aromatic heterocycles. The van der Waals surface area contributed by atoms with E-state index in [4.69, 9.17) is 9.88 Å². The minimum absolute atomic E-state index is 0.0957. The van der Waals surface area contributed by atoms with Crippen molar-refractivity contribution < 1.29 is 17.9 Å². The lowest BCUT2D eigenvalue weighted by Crippen LogP contribution is -2.32. The molecular weight excluding hydrogens is 316 g/mol. The van der Waals surface area contributed by atoms with Crippen molar-refractivity contribution >= 4 is 15.9 Å². The van der Waals surface area contributed by atoms with E-state index in [0.29, 0.717) is 18.8 Å². The van der Waals surface area contributed by atoms with Gasteiger partial charge in [-0.2, -0.15) is 0 Å². The molecule has 0 saturated carbocycles. The summed E-state index contributed by atoms with van der Waals surface area (Å²) in [6, 6.07) is 4.10. The molecule has 0 unspecified atom stereocenters. The second kappa shape index (κ2) is 7.61. The second-order valence-electron chi connectivity index (χ2n) is 5.51. The topological polar surface area (TPSA) is 89.7 Å². The van der Waals surface area contributed by atoms with Gasteiger partial charge in [0, 0.05) is 13.1 Å². The predicted molar refractivity (Wildman–Crippen MR) is 87.9 cm³/mol. The van der Waals surface area contributed by atoms with Crippen LogP contribution in [-0.4, -0.2) is 38.9 Å². The van der Waals surface area contributed by atoms with Gasteiger partial charge in [0.2, 0.25) is 10.0 Å². The molecule has 1 aromatic rings. The molecule has 1 heterocycles. The summed E-state index contributed by atoms with van der Waals surface area (Å²) in [6.45, 7) is 5.14. The van der Waals surface area contributed by atoms with E-state index in [9.17, 15) is 13.2 Å². The van der Waals surface area contributed by atoms with E-state index < -0.39 is 10.0 Å². The Morgan fingerprint density at radius 1 is 1.26 bits per heavy atom. The number of hydrogen-bond acceptors (Lipinski definition) is 4. The molecule has 2 rings (SSSR count). The van der Waals surface area contributed by atoms with E-state index in [-0.39, 0.29) is 23.0 Å². The first-order valence-corrected chi connectivity index (χ1v) is 9.18. The molecule has 1 fully saturated rings. The quantitative estimate of drug-likeness (QED) is 0.831. The van der Waals surface area contributed by atoms with Crippen molar-refractivity contribution in [1.29, 1.82) is 0 Å². The molecule has 0 bridgehead atoms. The summed E-state index contributed by atoms with van der Waals surface area (Å²) in [6.07, 6.45) is 5.66. The summed E-state index contributed by atoms with van der Waals surface area (Å²) in [5.41, 5.74) is 0.222. The van der Waals surface area contributed by atoms with Crippen LogP contribution in [0.3, 0.4) is 0 Å². The molecule has 0 spiro atoms. The first kappa shape index (κ1) is 17.5. The maximum atomic E-state index is 12.8. The van der Waals surface area contributed by atoms with Gasteiger partial charge in [0.15, 0.2) is 0 Å². The molecule has 0 radical (unpaired) electrons. The molecule has 0 atom stereocenters. The molecule has 1 saturated heterocycles. The maximum Gasteiger partial charge on any atom is 0.257 e. The number of hydrogen-bond donors (Lipinski definition) is 1. The normalized spacial score (nSPS) is 15.8. The van der Waals surface area contributed by atoms with Crippen LogP contribution >= 0.6 is 0 Å². The van der Waals surface area contributed by atoms with Crippen LogP contribution < -0.4 is 9.88 Å². The van der Waals surface area contributed by atoms with Gasteiger partial charge < -0.3 is 9.64 Å². The van der Waals surface area contributed by atoms with E-state index >= 15 is 0 Å². The fourth-order valence-corrected chi connectivity index (χ4v) is 3.11. The Morgan fingerprint density at radius 3 is 2.48 bits per heavy atom. The lowest BCUT2D eigenvalue weighted by molar-refractivity contribution is 0.0757. The smallest absolute Gasteiger partial charge is 0.257 e.